The number of aromatic nitrogens is 3. The lowest BCUT2D eigenvalue weighted by Gasteiger charge is -2.31. The SMILES string of the molecule is CC(C)(O)Cn1c(C(=O)O)cc2ccccc21.CC(C)C[C@@H](C#N)NC(=O)[C@@H]1CCCC[C@@H]1CC(=O)c1cc2ccccc2n1CC(C)(C)O.CCOC(=O)c1cc2ccccc2[nH]1. The van der Waals surface area contributed by atoms with E-state index in [1.807, 2.05) is 97.3 Å². The van der Waals surface area contributed by atoms with E-state index in [1.165, 1.54) is 0 Å². The number of hydrogen-bond donors (Lipinski definition) is 5. The second-order valence-corrected chi connectivity index (χ2v) is 18.4. The average molecular weight is 874 g/mol. The third kappa shape index (κ3) is 13.2. The molecule has 3 aromatic carbocycles. The number of nitriles is 1. The van der Waals surface area contributed by atoms with Crippen molar-refractivity contribution in [3.8, 4) is 6.07 Å². The first-order valence-electron chi connectivity index (χ1n) is 22.1. The second kappa shape index (κ2) is 21.4. The topological polar surface area (TPSA) is 200 Å². The van der Waals surface area contributed by atoms with Crippen LogP contribution in [0.25, 0.3) is 32.7 Å². The van der Waals surface area contributed by atoms with E-state index >= 15 is 0 Å². The number of Topliss-reactive ketones (excluding diaryl/α,β-unsaturated/α-hetero) is 1. The molecule has 3 heterocycles. The van der Waals surface area contributed by atoms with Gasteiger partial charge in [-0.25, -0.2) is 9.59 Å². The van der Waals surface area contributed by atoms with E-state index in [0.717, 1.165) is 58.4 Å². The van der Waals surface area contributed by atoms with E-state index in [9.17, 15) is 34.7 Å². The molecule has 13 nitrogen and oxygen atoms in total. The highest BCUT2D eigenvalue weighted by atomic mass is 16.5. The summed E-state index contributed by atoms with van der Waals surface area (Å²) in [5.74, 6) is -1.36. The van der Waals surface area contributed by atoms with Crippen molar-refractivity contribution >= 4 is 56.3 Å². The highest BCUT2D eigenvalue weighted by Gasteiger charge is 2.34. The zero-order valence-electron chi connectivity index (χ0n) is 38.1. The van der Waals surface area contributed by atoms with Gasteiger partial charge in [0.1, 0.15) is 17.4 Å². The summed E-state index contributed by atoms with van der Waals surface area (Å²) in [5.41, 5.74) is 2.08. The van der Waals surface area contributed by atoms with Crippen molar-refractivity contribution in [1.29, 1.82) is 5.26 Å². The maximum absolute atomic E-state index is 13.5. The largest absolute Gasteiger partial charge is 0.477 e. The fraction of sp³-hybridized carbons (Fsp3) is 0.431. The number of H-pyrrole nitrogens is 1. The quantitative estimate of drug-likeness (QED) is 0.0523. The van der Waals surface area contributed by atoms with Gasteiger partial charge in [-0.1, -0.05) is 81.3 Å². The Balaban J connectivity index is 0.000000205. The third-order valence-corrected chi connectivity index (χ3v) is 11.1. The summed E-state index contributed by atoms with van der Waals surface area (Å²) in [6.07, 6.45) is 4.45. The minimum Gasteiger partial charge on any atom is -0.477 e. The number of carboxylic acid groups (broad SMARTS) is 1. The number of hydrogen-bond acceptors (Lipinski definition) is 8. The number of aromatic amines is 1. The summed E-state index contributed by atoms with van der Waals surface area (Å²) in [7, 11) is 0. The molecule has 340 valence electrons. The van der Waals surface area contributed by atoms with Gasteiger partial charge in [-0.15, -0.1) is 0 Å². The molecule has 64 heavy (non-hydrogen) atoms. The number of aliphatic hydroxyl groups is 2. The molecule has 13 heteroatoms. The molecule has 1 saturated carbocycles. The summed E-state index contributed by atoms with van der Waals surface area (Å²) < 4.78 is 8.43. The standard InChI is InChI=1S/C27H37N3O3.C13H15NO3.C11H11NO2/c1-18(2)13-21(16-28)29-26(32)22-11-7-5-9-19(22)15-25(31)24-14-20-10-6-8-12-23(20)30(24)17-27(3,4)33;1-13(2,17)8-14-10-6-4-3-5-9(10)7-11(14)12(15)16;1-2-14-11(13)10-7-8-5-3-4-6-9(8)12-10/h6,8,10,12,14,18-19,21-22,33H,5,7,9,11,13,15,17H2,1-4H3,(H,29,32);3-7,17H,8H2,1-2H3,(H,15,16);3-7,12H,2H2,1H3/t19-,21+,22-;;/m1../s1. The summed E-state index contributed by atoms with van der Waals surface area (Å²) in [6, 6.07) is 30.0. The molecule has 6 aromatic rings. The Hall–Kier alpha value is -6.23. The van der Waals surface area contributed by atoms with Crippen LogP contribution in [0.15, 0.2) is 91.0 Å². The number of carbonyl (C=O) groups is 4. The molecular formula is C51H63N5O8. The van der Waals surface area contributed by atoms with E-state index < -0.39 is 23.2 Å². The molecule has 7 rings (SSSR count). The van der Waals surface area contributed by atoms with Gasteiger partial charge in [-0.3, -0.25) is 9.59 Å². The van der Waals surface area contributed by atoms with Gasteiger partial charge in [0, 0.05) is 45.0 Å². The predicted octanol–water partition coefficient (Wildman–Crippen LogP) is 9.30. The van der Waals surface area contributed by atoms with E-state index in [2.05, 4.69) is 16.4 Å². The number of nitrogens with one attached hydrogen (secondary N) is 2. The minimum atomic E-state index is -0.981. The smallest absolute Gasteiger partial charge is 0.354 e. The zero-order chi connectivity index (χ0) is 46.8. The Morgan fingerprint density at radius 2 is 1.34 bits per heavy atom. The summed E-state index contributed by atoms with van der Waals surface area (Å²) in [5, 5.41) is 44.7. The van der Waals surface area contributed by atoms with Crippen molar-refractivity contribution in [3.05, 3.63) is 108 Å². The van der Waals surface area contributed by atoms with Crippen LogP contribution < -0.4 is 5.32 Å². The van der Waals surface area contributed by atoms with Crippen LogP contribution in [0, 0.1) is 29.1 Å². The monoisotopic (exact) mass is 873 g/mol. The molecule has 0 radical (unpaired) electrons. The van der Waals surface area contributed by atoms with Crippen LogP contribution in [0.5, 0.6) is 0 Å². The van der Waals surface area contributed by atoms with Crippen molar-refractivity contribution in [2.24, 2.45) is 17.8 Å². The number of carboxylic acids is 1. The van der Waals surface area contributed by atoms with Crippen molar-refractivity contribution in [1.82, 2.24) is 19.4 Å². The van der Waals surface area contributed by atoms with Crippen LogP contribution in [-0.2, 0) is 22.6 Å². The molecule has 1 amide bonds. The lowest BCUT2D eigenvalue weighted by Crippen LogP contribution is -2.42. The summed E-state index contributed by atoms with van der Waals surface area (Å²) in [4.78, 5) is 52.1. The van der Waals surface area contributed by atoms with Gasteiger partial charge in [-0.05, 0) is 102 Å². The first-order valence-corrected chi connectivity index (χ1v) is 22.1. The molecule has 3 atom stereocenters. The molecule has 1 aliphatic rings. The third-order valence-electron chi connectivity index (χ3n) is 11.1. The lowest BCUT2D eigenvalue weighted by molar-refractivity contribution is -0.128. The highest BCUT2D eigenvalue weighted by Crippen LogP contribution is 2.35. The maximum Gasteiger partial charge on any atom is 0.354 e. The van der Waals surface area contributed by atoms with Crippen LogP contribution in [0.4, 0.5) is 0 Å². The van der Waals surface area contributed by atoms with Crippen molar-refractivity contribution in [3.63, 3.8) is 0 Å². The number of ether oxygens (including phenoxy) is 1. The average Bonchev–Trinajstić information content (AvgIpc) is 3.94. The number of ketones is 1. The van der Waals surface area contributed by atoms with Gasteiger partial charge < -0.3 is 39.5 Å². The molecule has 3 aromatic heterocycles. The Bertz CT molecular complexity index is 2560. The molecule has 0 saturated heterocycles. The van der Waals surface area contributed by atoms with Crippen LogP contribution >= 0.6 is 0 Å². The Kier molecular flexibility index (Phi) is 16.3. The molecule has 1 fully saturated rings. The van der Waals surface area contributed by atoms with E-state index in [0.29, 0.717) is 43.3 Å². The van der Waals surface area contributed by atoms with Gasteiger partial charge in [-0.2, -0.15) is 5.26 Å². The first kappa shape index (κ1) is 48.8. The lowest BCUT2D eigenvalue weighted by atomic mass is 9.76. The van der Waals surface area contributed by atoms with Gasteiger partial charge >= 0.3 is 11.9 Å². The van der Waals surface area contributed by atoms with Gasteiger partial charge in [0.2, 0.25) is 5.91 Å². The number of aromatic carboxylic acids is 1. The molecule has 5 N–H and O–H groups in total. The van der Waals surface area contributed by atoms with Gasteiger partial charge in [0.25, 0.3) is 0 Å². The number of fused-ring (bicyclic) bond motifs is 3. The van der Waals surface area contributed by atoms with Crippen molar-refractivity contribution in [2.45, 2.75) is 117 Å². The summed E-state index contributed by atoms with van der Waals surface area (Å²) in [6.45, 7) is 13.6. The van der Waals surface area contributed by atoms with Crippen LogP contribution in [0.3, 0.4) is 0 Å². The van der Waals surface area contributed by atoms with Gasteiger partial charge in [0.05, 0.1) is 42.7 Å². The number of rotatable bonds is 14. The van der Waals surface area contributed by atoms with Crippen LogP contribution in [-0.4, -0.2) is 76.9 Å². The maximum atomic E-state index is 13.5. The zero-order valence-corrected chi connectivity index (χ0v) is 38.1. The van der Waals surface area contributed by atoms with E-state index in [4.69, 9.17) is 9.84 Å². The number of carbonyl (C=O) groups excluding carboxylic acids is 3. The van der Waals surface area contributed by atoms with Crippen LogP contribution in [0.2, 0.25) is 0 Å². The number of esters is 1. The fourth-order valence-corrected chi connectivity index (χ4v) is 8.37. The van der Waals surface area contributed by atoms with Crippen molar-refractivity contribution < 1.29 is 39.2 Å². The first-order chi connectivity index (χ1) is 30.3. The van der Waals surface area contributed by atoms with E-state index in [1.54, 1.807) is 51.3 Å². The predicted molar refractivity (Wildman–Crippen MR) is 249 cm³/mol. The number of benzene rings is 3. The highest BCUT2D eigenvalue weighted by molar-refractivity contribution is 6.00. The molecule has 1 aliphatic carbocycles. The minimum absolute atomic E-state index is 0.000774. The molecule has 0 bridgehead atoms. The normalized spacial score (nSPS) is 15.7. The number of nitrogens with zero attached hydrogens (tertiary/aromatic N) is 3. The van der Waals surface area contributed by atoms with Crippen LogP contribution in [0.1, 0.15) is 118 Å². The molecule has 0 aliphatic heterocycles. The molecule has 0 unspecified atom stereocenters. The molecular weight excluding hydrogens is 811 g/mol. The Morgan fingerprint density at radius 1 is 0.812 bits per heavy atom. The Morgan fingerprint density at radius 3 is 1.88 bits per heavy atom. The molecule has 0 spiro atoms. The summed E-state index contributed by atoms with van der Waals surface area (Å²) >= 11 is 0. The number of amides is 1. The van der Waals surface area contributed by atoms with Gasteiger partial charge in [0.15, 0.2) is 5.78 Å². The Labute approximate surface area is 375 Å². The fourth-order valence-electron chi connectivity index (χ4n) is 8.37. The number of para-hydroxylation sites is 3. The van der Waals surface area contributed by atoms with E-state index in [-0.39, 0.29) is 41.7 Å². The van der Waals surface area contributed by atoms with Crippen molar-refractivity contribution in [2.75, 3.05) is 6.61 Å². The second-order valence-electron chi connectivity index (χ2n) is 18.4.